The molecular formula is C22H27N3O3. The lowest BCUT2D eigenvalue weighted by Crippen LogP contribution is -2.41. The lowest BCUT2D eigenvalue weighted by atomic mass is 10.1. The van der Waals surface area contributed by atoms with Gasteiger partial charge in [0.1, 0.15) is 0 Å². The Labute approximate surface area is 166 Å². The van der Waals surface area contributed by atoms with Gasteiger partial charge in [0.25, 0.3) is 11.8 Å². The summed E-state index contributed by atoms with van der Waals surface area (Å²) >= 11 is 0. The number of amides is 2. The molecule has 1 aliphatic heterocycles. The van der Waals surface area contributed by atoms with E-state index in [2.05, 4.69) is 10.2 Å². The maximum Gasteiger partial charge on any atom is 0.258 e. The molecule has 1 N–H and O–H groups in total. The number of carbonyl (C=O) groups excluding carboxylic acids is 2. The van der Waals surface area contributed by atoms with Crippen LogP contribution in [0.1, 0.15) is 27.6 Å². The number of nitrogens with zero attached hydrogens (tertiary/aromatic N) is 2. The van der Waals surface area contributed by atoms with Crippen molar-refractivity contribution in [2.45, 2.75) is 6.92 Å². The molecule has 1 saturated heterocycles. The largest absolute Gasteiger partial charge is 0.379 e. The summed E-state index contributed by atoms with van der Waals surface area (Å²) in [7, 11) is 0. The van der Waals surface area contributed by atoms with Crippen molar-refractivity contribution in [3.05, 3.63) is 65.7 Å². The summed E-state index contributed by atoms with van der Waals surface area (Å²) in [4.78, 5) is 29.1. The van der Waals surface area contributed by atoms with E-state index in [4.69, 9.17) is 4.74 Å². The van der Waals surface area contributed by atoms with E-state index in [1.807, 2.05) is 37.3 Å². The predicted molar refractivity (Wildman–Crippen MR) is 110 cm³/mol. The minimum atomic E-state index is -0.123. The third kappa shape index (κ3) is 5.18. The van der Waals surface area contributed by atoms with Crippen LogP contribution >= 0.6 is 0 Å². The van der Waals surface area contributed by atoms with E-state index in [0.717, 1.165) is 38.5 Å². The number of hydrogen-bond donors (Lipinski definition) is 1. The van der Waals surface area contributed by atoms with Crippen molar-refractivity contribution >= 4 is 17.5 Å². The number of carbonyl (C=O) groups is 2. The van der Waals surface area contributed by atoms with Gasteiger partial charge in [-0.3, -0.25) is 14.5 Å². The van der Waals surface area contributed by atoms with Crippen molar-refractivity contribution in [3.63, 3.8) is 0 Å². The lowest BCUT2D eigenvalue weighted by Gasteiger charge is -2.26. The van der Waals surface area contributed by atoms with E-state index < -0.39 is 0 Å². The molecule has 0 radical (unpaired) electrons. The molecule has 148 valence electrons. The highest BCUT2D eigenvalue weighted by Gasteiger charge is 2.16. The van der Waals surface area contributed by atoms with Gasteiger partial charge in [0.05, 0.1) is 13.2 Å². The molecule has 3 rings (SSSR count). The number of benzene rings is 2. The van der Waals surface area contributed by atoms with Crippen LogP contribution in [0.5, 0.6) is 0 Å². The van der Waals surface area contributed by atoms with Gasteiger partial charge in [-0.25, -0.2) is 0 Å². The van der Waals surface area contributed by atoms with E-state index in [1.165, 1.54) is 0 Å². The molecule has 0 aromatic heterocycles. The van der Waals surface area contributed by atoms with Crippen LogP contribution in [0.4, 0.5) is 5.69 Å². The van der Waals surface area contributed by atoms with E-state index in [9.17, 15) is 9.59 Å². The number of morpholine rings is 1. The molecule has 6 heteroatoms. The molecule has 0 atom stereocenters. The van der Waals surface area contributed by atoms with Crippen LogP contribution in [0.3, 0.4) is 0 Å². The predicted octanol–water partition coefficient (Wildman–Crippen LogP) is 2.42. The van der Waals surface area contributed by atoms with Crippen LogP contribution < -0.4 is 10.2 Å². The minimum absolute atomic E-state index is 0.0759. The summed E-state index contributed by atoms with van der Waals surface area (Å²) in [5.41, 5.74) is 1.98. The summed E-state index contributed by atoms with van der Waals surface area (Å²) in [5, 5.41) is 2.94. The Morgan fingerprint density at radius 1 is 1.00 bits per heavy atom. The van der Waals surface area contributed by atoms with Crippen molar-refractivity contribution in [2.75, 3.05) is 50.8 Å². The Bertz CT molecular complexity index is 771. The number of ether oxygens (including phenoxy) is 1. The van der Waals surface area contributed by atoms with Crippen molar-refractivity contribution < 1.29 is 14.3 Å². The van der Waals surface area contributed by atoms with E-state index in [1.54, 1.807) is 29.2 Å². The third-order valence-corrected chi connectivity index (χ3v) is 4.84. The second-order valence-corrected chi connectivity index (χ2v) is 6.67. The van der Waals surface area contributed by atoms with Gasteiger partial charge >= 0.3 is 0 Å². The van der Waals surface area contributed by atoms with Crippen LogP contribution in [0.2, 0.25) is 0 Å². The van der Waals surface area contributed by atoms with Gasteiger partial charge in [-0.05, 0) is 43.3 Å². The fourth-order valence-electron chi connectivity index (χ4n) is 3.23. The molecule has 2 aromatic carbocycles. The highest BCUT2D eigenvalue weighted by Crippen LogP contribution is 2.17. The molecule has 0 aliphatic carbocycles. The first kappa shape index (κ1) is 20.0. The van der Waals surface area contributed by atoms with Crippen LogP contribution in [0.25, 0.3) is 0 Å². The molecule has 0 unspecified atom stereocenters. The van der Waals surface area contributed by atoms with E-state index in [-0.39, 0.29) is 11.8 Å². The molecule has 1 fully saturated rings. The second kappa shape index (κ2) is 10.0. The summed E-state index contributed by atoms with van der Waals surface area (Å²) in [6, 6.07) is 16.4. The fraction of sp³-hybridized carbons (Fsp3) is 0.364. The monoisotopic (exact) mass is 381 g/mol. The first-order valence-corrected chi connectivity index (χ1v) is 9.74. The summed E-state index contributed by atoms with van der Waals surface area (Å²) in [6.45, 7) is 7.24. The molecule has 6 nitrogen and oxygen atoms in total. The van der Waals surface area contributed by atoms with Crippen molar-refractivity contribution in [3.8, 4) is 0 Å². The third-order valence-electron chi connectivity index (χ3n) is 4.84. The van der Waals surface area contributed by atoms with Crippen LogP contribution in [0.15, 0.2) is 54.6 Å². The van der Waals surface area contributed by atoms with Crippen LogP contribution in [-0.4, -0.2) is 62.7 Å². The molecule has 2 amide bonds. The normalized spacial score (nSPS) is 14.5. The Morgan fingerprint density at radius 2 is 1.64 bits per heavy atom. The Kier molecular flexibility index (Phi) is 7.17. The molecule has 0 saturated carbocycles. The summed E-state index contributed by atoms with van der Waals surface area (Å²) < 4.78 is 5.32. The first-order valence-electron chi connectivity index (χ1n) is 9.74. The number of hydrogen-bond acceptors (Lipinski definition) is 4. The van der Waals surface area contributed by atoms with Crippen LogP contribution in [0, 0.1) is 0 Å². The zero-order valence-electron chi connectivity index (χ0n) is 16.3. The van der Waals surface area contributed by atoms with Crippen molar-refractivity contribution in [2.24, 2.45) is 0 Å². The van der Waals surface area contributed by atoms with E-state index in [0.29, 0.717) is 24.2 Å². The molecule has 28 heavy (non-hydrogen) atoms. The Hall–Kier alpha value is -2.70. The molecular weight excluding hydrogens is 354 g/mol. The topological polar surface area (TPSA) is 61.9 Å². The Morgan fingerprint density at radius 3 is 2.29 bits per heavy atom. The molecule has 1 aliphatic rings. The number of anilines is 1. The highest BCUT2D eigenvalue weighted by molar-refractivity contribution is 6.06. The van der Waals surface area contributed by atoms with Gasteiger partial charge < -0.3 is 15.0 Å². The zero-order valence-corrected chi connectivity index (χ0v) is 16.3. The van der Waals surface area contributed by atoms with Gasteiger partial charge in [0, 0.05) is 49.5 Å². The van der Waals surface area contributed by atoms with Gasteiger partial charge in [0.15, 0.2) is 0 Å². The highest BCUT2D eigenvalue weighted by atomic mass is 16.5. The first-order chi connectivity index (χ1) is 13.7. The van der Waals surface area contributed by atoms with Gasteiger partial charge in [-0.2, -0.15) is 0 Å². The molecule has 0 spiro atoms. The van der Waals surface area contributed by atoms with E-state index >= 15 is 0 Å². The summed E-state index contributed by atoms with van der Waals surface area (Å²) in [6.07, 6.45) is 0. The second-order valence-electron chi connectivity index (χ2n) is 6.67. The Balaban J connectivity index is 1.56. The number of rotatable bonds is 7. The SMILES string of the molecule is CCN(C(=O)c1ccc(C(=O)NCCN2CCOCC2)cc1)c1ccccc1. The zero-order chi connectivity index (χ0) is 19.8. The van der Waals surface area contributed by atoms with Gasteiger partial charge in [-0.1, -0.05) is 18.2 Å². The van der Waals surface area contributed by atoms with Gasteiger partial charge in [-0.15, -0.1) is 0 Å². The lowest BCUT2D eigenvalue weighted by molar-refractivity contribution is 0.0383. The number of para-hydroxylation sites is 1. The minimum Gasteiger partial charge on any atom is -0.379 e. The maximum atomic E-state index is 12.8. The average Bonchev–Trinajstić information content (AvgIpc) is 2.76. The fourth-order valence-corrected chi connectivity index (χ4v) is 3.23. The molecule has 0 bridgehead atoms. The van der Waals surface area contributed by atoms with Gasteiger partial charge in [0.2, 0.25) is 0 Å². The van der Waals surface area contributed by atoms with Crippen molar-refractivity contribution in [1.82, 2.24) is 10.2 Å². The quantitative estimate of drug-likeness (QED) is 0.800. The smallest absolute Gasteiger partial charge is 0.258 e. The molecule has 1 heterocycles. The molecule has 2 aromatic rings. The number of nitrogens with one attached hydrogen (secondary N) is 1. The maximum absolute atomic E-state index is 12.8. The standard InChI is InChI=1S/C22H27N3O3/c1-2-25(20-6-4-3-5-7-20)22(27)19-10-8-18(9-11-19)21(26)23-12-13-24-14-16-28-17-15-24/h3-11H,2,12-17H2,1H3,(H,23,26). The van der Waals surface area contributed by atoms with Crippen LogP contribution in [-0.2, 0) is 4.74 Å². The van der Waals surface area contributed by atoms with Crippen molar-refractivity contribution in [1.29, 1.82) is 0 Å². The average molecular weight is 381 g/mol. The summed E-state index contributed by atoms with van der Waals surface area (Å²) in [5.74, 6) is -0.198.